The molecule has 0 aliphatic carbocycles. The van der Waals surface area contributed by atoms with Crippen LogP contribution in [0.4, 0.5) is 0 Å². The third-order valence-corrected chi connectivity index (χ3v) is 3.42. The SMILES string of the molecule is CCCCCCCCCC(CC(O)O)OC(CC)N=O. The summed E-state index contributed by atoms with van der Waals surface area (Å²) in [7, 11) is 0. The highest BCUT2D eigenvalue weighted by atomic mass is 16.5. The molecule has 20 heavy (non-hydrogen) atoms. The van der Waals surface area contributed by atoms with Crippen LogP contribution in [0.5, 0.6) is 0 Å². The Bertz CT molecular complexity index is 224. The van der Waals surface area contributed by atoms with Crippen LogP contribution in [-0.4, -0.2) is 28.8 Å². The van der Waals surface area contributed by atoms with Crippen LogP contribution >= 0.6 is 0 Å². The van der Waals surface area contributed by atoms with E-state index in [4.69, 9.17) is 14.9 Å². The lowest BCUT2D eigenvalue weighted by molar-refractivity contribution is -0.101. The van der Waals surface area contributed by atoms with E-state index in [0.717, 1.165) is 19.3 Å². The zero-order valence-corrected chi connectivity index (χ0v) is 13.0. The van der Waals surface area contributed by atoms with Crippen molar-refractivity contribution < 1.29 is 14.9 Å². The monoisotopic (exact) mass is 289 g/mol. The zero-order chi connectivity index (χ0) is 15.2. The molecule has 0 saturated heterocycles. The van der Waals surface area contributed by atoms with Crippen molar-refractivity contribution in [3.05, 3.63) is 4.91 Å². The summed E-state index contributed by atoms with van der Waals surface area (Å²) in [6.45, 7) is 4.03. The summed E-state index contributed by atoms with van der Waals surface area (Å²) in [6.07, 6.45) is 7.44. The molecule has 0 aliphatic rings. The Hall–Kier alpha value is -0.520. The lowest BCUT2D eigenvalue weighted by Crippen LogP contribution is -2.25. The molecule has 0 heterocycles. The quantitative estimate of drug-likeness (QED) is 0.290. The van der Waals surface area contributed by atoms with E-state index < -0.39 is 12.5 Å². The summed E-state index contributed by atoms with van der Waals surface area (Å²) in [6, 6.07) is 0. The lowest BCUT2D eigenvalue weighted by atomic mass is 10.0. The van der Waals surface area contributed by atoms with Gasteiger partial charge in [-0.05, 0) is 18.0 Å². The Morgan fingerprint density at radius 2 is 1.60 bits per heavy atom. The summed E-state index contributed by atoms with van der Waals surface area (Å²) in [5, 5.41) is 21.0. The highest BCUT2D eigenvalue weighted by molar-refractivity contribution is 4.63. The first kappa shape index (κ1) is 19.5. The van der Waals surface area contributed by atoms with Gasteiger partial charge in [0.2, 0.25) is 0 Å². The molecule has 0 amide bonds. The number of aliphatic hydroxyl groups excluding tert-OH is 1. The topological polar surface area (TPSA) is 79.1 Å². The number of nitrogens with zero attached hydrogens (tertiary/aromatic N) is 1. The molecule has 0 aromatic carbocycles. The standard InChI is InChI=1S/C15H31NO4/c1-3-5-6-7-8-9-10-11-13(12-15(17)18)20-14(4-2)16-19/h13-15,17-18H,3-12H2,1-2H3. The average Bonchev–Trinajstić information content (AvgIpc) is 2.42. The molecule has 2 N–H and O–H groups in total. The Kier molecular flexibility index (Phi) is 13.1. The van der Waals surface area contributed by atoms with Gasteiger partial charge in [-0.1, -0.05) is 58.8 Å². The molecule has 5 nitrogen and oxygen atoms in total. The van der Waals surface area contributed by atoms with Crippen LogP contribution in [0.2, 0.25) is 0 Å². The van der Waals surface area contributed by atoms with Crippen LogP contribution < -0.4 is 0 Å². The molecule has 0 fully saturated rings. The van der Waals surface area contributed by atoms with E-state index >= 15 is 0 Å². The molecule has 0 aromatic heterocycles. The smallest absolute Gasteiger partial charge is 0.189 e. The average molecular weight is 289 g/mol. The minimum Gasteiger partial charge on any atom is -0.368 e. The van der Waals surface area contributed by atoms with Crippen LogP contribution in [-0.2, 0) is 4.74 Å². The van der Waals surface area contributed by atoms with Gasteiger partial charge < -0.3 is 14.9 Å². The Morgan fingerprint density at radius 3 is 2.10 bits per heavy atom. The number of aliphatic hydroxyl groups is 2. The van der Waals surface area contributed by atoms with E-state index in [9.17, 15) is 4.91 Å². The third kappa shape index (κ3) is 11.3. The fraction of sp³-hybridized carbons (Fsp3) is 1.00. The van der Waals surface area contributed by atoms with Crippen LogP contribution in [0.25, 0.3) is 0 Å². The van der Waals surface area contributed by atoms with Crippen LogP contribution in [0.15, 0.2) is 5.18 Å². The maximum atomic E-state index is 10.5. The van der Waals surface area contributed by atoms with Gasteiger partial charge in [0.25, 0.3) is 0 Å². The summed E-state index contributed by atoms with van der Waals surface area (Å²) < 4.78 is 5.51. The second kappa shape index (κ2) is 13.5. The van der Waals surface area contributed by atoms with Crippen molar-refractivity contribution in [2.75, 3.05) is 0 Å². The normalized spacial score (nSPS) is 14.4. The molecule has 5 heteroatoms. The van der Waals surface area contributed by atoms with E-state index in [1.165, 1.54) is 32.1 Å². The van der Waals surface area contributed by atoms with Crippen LogP contribution in [0, 0.1) is 4.91 Å². The first-order valence-electron chi connectivity index (χ1n) is 7.98. The van der Waals surface area contributed by atoms with Gasteiger partial charge >= 0.3 is 0 Å². The molecule has 0 radical (unpaired) electrons. The zero-order valence-electron chi connectivity index (χ0n) is 13.0. The van der Waals surface area contributed by atoms with E-state index in [0.29, 0.717) is 6.42 Å². The van der Waals surface area contributed by atoms with Gasteiger partial charge in [0.1, 0.15) is 0 Å². The second-order valence-corrected chi connectivity index (χ2v) is 5.35. The third-order valence-electron chi connectivity index (χ3n) is 3.42. The van der Waals surface area contributed by atoms with Gasteiger partial charge in [0.05, 0.1) is 6.10 Å². The maximum absolute atomic E-state index is 10.5. The van der Waals surface area contributed by atoms with Crippen molar-refractivity contribution in [2.45, 2.75) is 96.7 Å². The molecule has 0 aliphatic heterocycles. The predicted molar refractivity (Wildman–Crippen MR) is 80.2 cm³/mol. The van der Waals surface area contributed by atoms with Crippen molar-refractivity contribution in [1.29, 1.82) is 0 Å². The van der Waals surface area contributed by atoms with Crippen molar-refractivity contribution in [2.24, 2.45) is 5.18 Å². The van der Waals surface area contributed by atoms with Crippen molar-refractivity contribution >= 4 is 0 Å². The largest absolute Gasteiger partial charge is 0.368 e. The van der Waals surface area contributed by atoms with Gasteiger partial charge in [-0.2, -0.15) is 0 Å². The molecular weight excluding hydrogens is 258 g/mol. The first-order chi connectivity index (χ1) is 9.63. The number of ether oxygens (including phenoxy) is 1. The molecule has 0 bridgehead atoms. The minimum atomic E-state index is -1.39. The molecule has 0 rings (SSSR count). The van der Waals surface area contributed by atoms with Gasteiger partial charge in [0.15, 0.2) is 12.5 Å². The van der Waals surface area contributed by atoms with E-state index in [-0.39, 0.29) is 12.5 Å². The van der Waals surface area contributed by atoms with E-state index in [2.05, 4.69) is 12.1 Å². The summed E-state index contributed by atoms with van der Waals surface area (Å²) in [5.74, 6) is 0. The van der Waals surface area contributed by atoms with Gasteiger partial charge in [-0.25, -0.2) is 0 Å². The number of unbranched alkanes of at least 4 members (excludes halogenated alkanes) is 6. The number of nitroso groups, excluding NO2 is 1. The van der Waals surface area contributed by atoms with Gasteiger partial charge in [-0.15, -0.1) is 4.91 Å². The summed E-state index contributed by atoms with van der Waals surface area (Å²) in [5.41, 5.74) is 0. The Labute approximate surface area is 122 Å². The highest BCUT2D eigenvalue weighted by Crippen LogP contribution is 2.17. The molecule has 0 aromatic rings. The van der Waals surface area contributed by atoms with E-state index in [1.54, 1.807) is 0 Å². The lowest BCUT2D eigenvalue weighted by Gasteiger charge is -2.21. The molecular formula is C15H31NO4. The highest BCUT2D eigenvalue weighted by Gasteiger charge is 2.18. The molecule has 2 atom stereocenters. The summed E-state index contributed by atoms with van der Waals surface area (Å²) >= 11 is 0. The fourth-order valence-electron chi connectivity index (χ4n) is 2.22. The molecule has 0 spiro atoms. The van der Waals surface area contributed by atoms with Gasteiger partial charge in [-0.3, -0.25) is 0 Å². The second-order valence-electron chi connectivity index (χ2n) is 5.35. The van der Waals surface area contributed by atoms with Crippen molar-refractivity contribution in [3.63, 3.8) is 0 Å². The number of rotatable bonds is 14. The summed E-state index contributed by atoms with van der Waals surface area (Å²) in [4.78, 5) is 10.5. The molecule has 0 saturated carbocycles. The van der Waals surface area contributed by atoms with Crippen LogP contribution in [0.1, 0.15) is 78.1 Å². The predicted octanol–water partition coefficient (Wildman–Crippen LogP) is 3.72. The maximum Gasteiger partial charge on any atom is 0.189 e. The molecule has 120 valence electrons. The molecule has 2 unspecified atom stereocenters. The van der Waals surface area contributed by atoms with E-state index in [1.807, 2.05) is 6.92 Å². The number of hydrogen-bond donors (Lipinski definition) is 2. The van der Waals surface area contributed by atoms with Gasteiger partial charge in [0, 0.05) is 6.42 Å². The minimum absolute atomic E-state index is 0.141. The number of hydrogen-bond acceptors (Lipinski definition) is 5. The first-order valence-corrected chi connectivity index (χ1v) is 7.98. The Balaban J connectivity index is 3.83. The van der Waals surface area contributed by atoms with Crippen molar-refractivity contribution in [1.82, 2.24) is 0 Å². The van der Waals surface area contributed by atoms with Crippen molar-refractivity contribution in [3.8, 4) is 0 Å². The fourth-order valence-corrected chi connectivity index (χ4v) is 2.22. The van der Waals surface area contributed by atoms with Crippen LogP contribution in [0.3, 0.4) is 0 Å². The Morgan fingerprint density at radius 1 is 1.00 bits per heavy atom.